The standard InChI is InChI=1S/C10H12N4/c1-2-10(3-4-10)9-13-7-5-11-6-12-8(7)14-9/h5-6H,2-4H2,1H3,(H,11,12,13,14). The zero-order chi connectivity index (χ0) is 9.60. The van der Waals surface area contributed by atoms with Gasteiger partial charge in [-0.3, -0.25) is 0 Å². The Morgan fingerprint density at radius 2 is 2.36 bits per heavy atom. The summed E-state index contributed by atoms with van der Waals surface area (Å²) < 4.78 is 0. The number of H-pyrrole nitrogens is 1. The molecular formula is C10H12N4. The van der Waals surface area contributed by atoms with Gasteiger partial charge in [-0.15, -0.1) is 0 Å². The van der Waals surface area contributed by atoms with Gasteiger partial charge < -0.3 is 4.98 Å². The SMILES string of the molecule is CCC1(c2nc3ncncc3[nH]2)CC1. The highest BCUT2D eigenvalue weighted by atomic mass is 15.0. The van der Waals surface area contributed by atoms with Gasteiger partial charge in [-0.1, -0.05) is 6.92 Å². The van der Waals surface area contributed by atoms with E-state index in [4.69, 9.17) is 0 Å². The lowest BCUT2D eigenvalue weighted by Crippen LogP contribution is -2.06. The molecular weight excluding hydrogens is 176 g/mol. The van der Waals surface area contributed by atoms with Crippen LogP contribution < -0.4 is 0 Å². The summed E-state index contributed by atoms with van der Waals surface area (Å²) in [5, 5.41) is 0. The zero-order valence-corrected chi connectivity index (χ0v) is 8.12. The van der Waals surface area contributed by atoms with Crippen LogP contribution in [0.2, 0.25) is 0 Å². The Kier molecular flexibility index (Phi) is 1.43. The third kappa shape index (κ3) is 0.967. The summed E-state index contributed by atoms with van der Waals surface area (Å²) in [5.41, 5.74) is 2.05. The molecule has 2 aromatic rings. The Labute approximate surface area is 81.8 Å². The number of aromatic amines is 1. The Morgan fingerprint density at radius 1 is 1.50 bits per heavy atom. The molecule has 0 unspecified atom stereocenters. The highest BCUT2D eigenvalue weighted by Crippen LogP contribution is 2.49. The summed E-state index contributed by atoms with van der Waals surface area (Å²) in [4.78, 5) is 15.9. The van der Waals surface area contributed by atoms with Crippen molar-refractivity contribution in [3.8, 4) is 0 Å². The highest BCUT2D eigenvalue weighted by molar-refractivity contribution is 5.69. The van der Waals surface area contributed by atoms with Crippen molar-refractivity contribution in [2.75, 3.05) is 0 Å². The summed E-state index contributed by atoms with van der Waals surface area (Å²) in [6.07, 6.45) is 6.97. The molecule has 1 aliphatic carbocycles. The molecule has 1 fully saturated rings. The molecule has 2 aromatic heterocycles. The first kappa shape index (κ1) is 7.91. The minimum absolute atomic E-state index is 0.320. The van der Waals surface area contributed by atoms with Crippen LogP contribution in [-0.4, -0.2) is 19.9 Å². The van der Waals surface area contributed by atoms with Crippen LogP contribution >= 0.6 is 0 Å². The quantitative estimate of drug-likeness (QED) is 0.781. The van der Waals surface area contributed by atoms with Gasteiger partial charge in [-0.05, 0) is 19.3 Å². The highest BCUT2D eigenvalue weighted by Gasteiger charge is 2.45. The molecule has 0 radical (unpaired) electrons. The van der Waals surface area contributed by atoms with E-state index in [9.17, 15) is 0 Å². The third-order valence-corrected chi connectivity index (χ3v) is 3.19. The van der Waals surface area contributed by atoms with Crippen LogP contribution in [-0.2, 0) is 5.41 Å². The van der Waals surface area contributed by atoms with E-state index >= 15 is 0 Å². The maximum absolute atomic E-state index is 4.51. The zero-order valence-electron chi connectivity index (χ0n) is 8.12. The fraction of sp³-hybridized carbons (Fsp3) is 0.500. The molecule has 4 nitrogen and oxygen atoms in total. The molecule has 2 heterocycles. The number of imidazole rings is 1. The van der Waals surface area contributed by atoms with E-state index in [0.717, 1.165) is 23.4 Å². The molecule has 3 rings (SSSR count). The number of nitrogens with zero attached hydrogens (tertiary/aromatic N) is 3. The Balaban J connectivity index is 2.15. The molecule has 72 valence electrons. The van der Waals surface area contributed by atoms with Crippen LogP contribution in [0.15, 0.2) is 12.5 Å². The lowest BCUT2D eigenvalue weighted by molar-refractivity contribution is 0.625. The molecule has 0 aliphatic heterocycles. The molecule has 1 N–H and O–H groups in total. The van der Waals surface area contributed by atoms with Crippen LogP contribution in [0.5, 0.6) is 0 Å². The molecule has 0 aromatic carbocycles. The smallest absolute Gasteiger partial charge is 0.180 e. The first-order valence-electron chi connectivity index (χ1n) is 5.00. The number of aromatic nitrogens is 4. The maximum atomic E-state index is 4.51. The summed E-state index contributed by atoms with van der Waals surface area (Å²) in [6, 6.07) is 0. The third-order valence-electron chi connectivity index (χ3n) is 3.19. The van der Waals surface area contributed by atoms with Gasteiger partial charge in [-0.25, -0.2) is 15.0 Å². The number of hydrogen-bond acceptors (Lipinski definition) is 3. The van der Waals surface area contributed by atoms with Crippen molar-refractivity contribution >= 4 is 11.2 Å². The second-order valence-electron chi connectivity index (χ2n) is 3.98. The summed E-state index contributed by atoms with van der Waals surface area (Å²) in [6.45, 7) is 2.21. The van der Waals surface area contributed by atoms with E-state index in [2.05, 4.69) is 26.9 Å². The average molecular weight is 188 g/mol. The van der Waals surface area contributed by atoms with E-state index in [0.29, 0.717) is 5.41 Å². The van der Waals surface area contributed by atoms with Crippen LogP contribution in [0.4, 0.5) is 0 Å². The fourth-order valence-corrected chi connectivity index (χ4v) is 1.92. The van der Waals surface area contributed by atoms with E-state index in [-0.39, 0.29) is 0 Å². The minimum atomic E-state index is 0.320. The van der Waals surface area contributed by atoms with Crippen LogP contribution in [0.25, 0.3) is 11.2 Å². The Hall–Kier alpha value is -1.45. The maximum Gasteiger partial charge on any atom is 0.180 e. The largest absolute Gasteiger partial charge is 0.339 e. The Morgan fingerprint density at radius 3 is 3.00 bits per heavy atom. The van der Waals surface area contributed by atoms with Crippen molar-refractivity contribution < 1.29 is 0 Å². The fourth-order valence-electron chi connectivity index (χ4n) is 1.92. The normalized spacial score (nSPS) is 18.6. The number of nitrogens with one attached hydrogen (secondary N) is 1. The van der Waals surface area contributed by atoms with Gasteiger partial charge >= 0.3 is 0 Å². The monoisotopic (exact) mass is 188 g/mol. The van der Waals surface area contributed by atoms with E-state index in [1.54, 1.807) is 12.5 Å². The number of fused-ring (bicyclic) bond motifs is 1. The number of hydrogen-bond donors (Lipinski definition) is 1. The second kappa shape index (κ2) is 2.53. The van der Waals surface area contributed by atoms with E-state index < -0.39 is 0 Å². The van der Waals surface area contributed by atoms with Gasteiger partial charge in [0.25, 0.3) is 0 Å². The lowest BCUT2D eigenvalue weighted by Gasteiger charge is -2.06. The number of rotatable bonds is 2. The van der Waals surface area contributed by atoms with Crippen LogP contribution in [0.1, 0.15) is 32.0 Å². The van der Waals surface area contributed by atoms with Crippen LogP contribution in [0.3, 0.4) is 0 Å². The lowest BCUT2D eigenvalue weighted by atomic mass is 10.0. The van der Waals surface area contributed by atoms with E-state index in [1.165, 1.54) is 12.8 Å². The van der Waals surface area contributed by atoms with Crippen molar-refractivity contribution in [2.24, 2.45) is 0 Å². The summed E-state index contributed by atoms with van der Waals surface area (Å²) in [7, 11) is 0. The predicted molar refractivity (Wildman–Crippen MR) is 52.9 cm³/mol. The van der Waals surface area contributed by atoms with Crippen LogP contribution in [0, 0.1) is 0 Å². The molecule has 14 heavy (non-hydrogen) atoms. The first-order valence-corrected chi connectivity index (χ1v) is 5.00. The molecule has 0 saturated heterocycles. The van der Waals surface area contributed by atoms with Crippen molar-refractivity contribution in [2.45, 2.75) is 31.6 Å². The molecule has 0 amide bonds. The van der Waals surface area contributed by atoms with Crippen molar-refractivity contribution in [1.82, 2.24) is 19.9 Å². The summed E-state index contributed by atoms with van der Waals surface area (Å²) in [5.74, 6) is 1.09. The van der Waals surface area contributed by atoms with Gasteiger partial charge in [0.1, 0.15) is 17.7 Å². The van der Waals surface area contributed by atoms with Gasteiger partial charge in [-0.2, -0.15) is 0 Å². The van der Waals surface area contributed by atoms with Crippen molar-refractivity contribution in [1.29, 1.82) is 0 Å². The van der Waals surface area contributed by atoms with Gasteiger partial charge in [0.05, 0.1) is 6.20 Å². The van der Waals surface area contributed by atoms with Gasteiger partial charge in [0.2, 0.25) is 0 Å². The molecule has 1 aliphatic rings. The topological polar surface area (TPSA) is 54.5 Å². The summed E-state index contributed by atoms with van der Waals surface area (Å²) >= 11 is 0. The molecule has 4 heteroatoms. The van der Waals surface area contributed by atoms with Gasteiger partial charge in [0, 0.05) is 5.41 Å². The van der Waals surface area contributed by atoms with Crippen molar-refractivity contribution in [3.63, 3.8) is 0 Å². The molecule has 0 bridgehead atoms. The second-order valence-corrected chi connectivity index (χ2v) is 3.98. The predicted octanol–water partition coefficient (Wildman–Crippen LogP) is 1.79. The molecule has 0 spiro atoms. The Bertz CT molecular complexity index is 437. The molecule has 1 saturated carbocycles. The first-order chi connectivity index (χ1) is 6.84. The van der Waals surface area contributed by atoms with E-state index in [1.807, 2.05) is 0 Å². The molecule has 0 atom stereocenters. The average Bonchev–Trinajstić information content (AvgIpc) is 2.91. The van der Waals surface area contributed by atoms with Crippen molar-refractivity contribution in [3.05, 3.63) is 18.3 Å². The van der Waals surface area contributed by atoms with Gasteiger partial charge in [0.15, 0.2) is 5.65 Å². The minimum Gasteiger partial charge on any atom is -0.339 e.